The number of carbonyl (C=O) groups excluding carboxylic acids is 2. The van der Waals surface area contributed by atoms with Gasteiger partial charge in [-0.15, -0.1) is 0 Å². The number of hydrogen-bond acceptors (Lipinski definition) is 4. The van der Waals surface area contributed by atoms with E-state index in [1.165, 1.54) is 4.90 Å². The number of carbonyl (C=O) groups is 2. The van der Waals surface area contributed by atoms with Crippen molar-refractivity contribution in [1.82, 2.24) is 4.90 Å². The van der Waals surface area contributed by atoms with Crippen LogP contribution in [0.2, 0.25) is 0 Å². The summed E-state index contributed by atoms with van der Waals surface area (Å²) in [5.41, 5.74) is 5.14. The number of amides is 2. The van der Waals surface area contributed by atoms with Gasteiger partial charge in [0.1, 0.15) is 11.4 Å². The molecule has 0 aromatic heterocycles. The third kappa shape index (κ3) is 4.82. The first-order valence-electron chi connectivity index (χ1n) is 11.1. The summed E-state index contributed by atoms with van der Waals surface area (Å²) in [5, 5.41) is 3.25. The van der Waals surface area contributed by atoms with Crippen molar-refractivity contribution < 1.29 is 14.3 Å². The van der Waals surface area contributed by atoms with Crippen LogP contribution in [0.1, 0.15) is 36.1 Å². The largest absolute Gasteiger partial charge is 0.491 e. The van der Waals surface area contributed by atoms with E-state index in [1.54, 1.807) is 0 Å². The second-order valence-corrected chi connectivity index (χ2v) is 8.56. The van der Waals surface area contributed by atoms with Crippen molar-refractivity contribution in [2.75, 3.05) is 5.32 Å². The zero-order valence-corrected chi connectivity index (χ0v) is 19.4. The predicted molar refractivity (Wildman–Crippen MR) is 131 cm³/mol. The van der Waals surface area contributed by atoms with E-state index in [2.05, 4.69) is 5.32 Å². The fraction of sp³-hybridized carbons (Fsp3) is 0.214. The molecule has 0 radical (unpaired) electrons. The Morgan fingerprint density at radius 3 is 2.15 bits per heavy atom. The Morgan fingerprint density at radius 1 is 0.848 bits per heavy atom. The van der Waals surface area contributed by atoms with E-state index in [9.17, 15) is 9.59 Å². The van der Waals surface area contributed by atoms with Crippen LogP contribution in [0.3, 0.4) is 0 Å². The molecule has 1 aliphatic rings. The lowest BCUT2D eigenvalue weighted by Crippen LogP contribution is -2.32. The van der Waals surface area contributed by atoms with Crippen LogP contribution in [0, 0.1) is 13.8 Å². The molecule has 0 unspecified atom stereocenters. The molecule has 5 heteroatoms. The summed E-state index contributed by atoms with van der Waals surface area (Å²) in [7, 11) is 0. The van der Waals surface area contributed by atoms with Gasteiger partial charge in [-0.25, -0.2) is 0 Å². The number of imide groups is 1. The van der Waals surface area contributed by atoms with Crippen molar-refractivity contribution in [1.29, 1.82) is 0 Å². The number of hydrogen-bond donors (Lipinski definition) is 1. The quantitative estimate of drug-likeness (QED) is 0.494. The van der Waals surface area contributed by atoms with Crippen LogP contribution in [0.15, 0.2) is 78.5 Å². The fourth-order valence-corrected chi connectivity index (χ4v) is 3.80. The van der Waals surface area contributed by atoms with Crippen LogP contribution >= 0.6 is 0 Å². The summed E-state index contributed by atoms with van der Waals surface area (Å²) in [6.45, 7) is 8.11. The van der Waals surface area contributed by atoms with E-state index in [1.807, 2.05) is 100 Å². The first-order chi connectivity index (χ1) is 15.8. The normalized spacial score (nSPS) is 13.8. The Morgan fingerprint density at radius 2 is 1.52 bits per heavy atom. The summed E-state index contributed by atoms with van der Waals surface area (Å²) in [6.07, 6.45) is 0.0491. The predicted octanol–water partition coefficient (Wildman–Crippen LogP) is 5.48. The molecule has 0 aliphatic carbocycles. The second-order valence-electron chi connectivity index (χ2n) is 8.56. The highest BCUT2D eigenvalue weighted by atomic mass is 16.5. The van der Waals surface area contributed by atoms with Crippen molar-refractivity contribution in [3.05, 3.63) is 101 Å². The Bertz CT molecular complexity index is 1210. The fourth-order valence-electron chi connectivity index (χ4n) is 3.80. The Hall–Kier alpha value is -3.86. The molecule has 1 heterocycles. The molecule has 0 saturated heterocycles. The molecule has 1 aliphatic heterocycles. The molecule has 33 heavy (non-hydrogen) atoms. The molecular formula is C28H28N2O3. The van der Waals surface area contributed by atoms with Crippen LogP contribution < -0.4 is 10.1 Å². The molecule has 5 nitrogen and oxygen atoms in total. The molecule has 0 spiro atoms. The van der Waals surface area contributed by atoms with Gasteiger partial charge in [-0.3, -0.25) is 14.5 Å². The number of aryl methyl sites for hydroxylation is 2. The lowest BCUT2D eigenvalue weighted by Gasteiger charge is -2.16. The summed E-state index contributed by atoms with van der Waals surface area (Å²) in [5.74, 6) is 0.0755. The minimum absolute atomic E-state index is 0.0491. The van der Waals surface area contributed by atoms with Gasteiger partial charge in [0, 0.05) is 5.69 Å². The van der Waals surface area contributed by atoms with E-state index in [0.29, 0.717) is 16.8 Å². The molecule has 1 N–H and O–H groups in total. The van der Waals surface area contributed by atoms with Gasteiger partial charge < -0.3 is 10.1 Å². The van der Waals surface area contributed by atoms with Gasteiger partial charge in [0.15, 0.2) is 0 Å². The number of anilines is 1. The zero-order chi connectivity index (χ0) is 23.5. The topological polar surface area (TPSA) is 58.6 Å². The maximum atomic E-state index is 13.5. The lowest BCUT2D eigenvalue weighted by molar-refractivity contribution is -0.137. The number of rotatable bonds is 7. The minimum Gasteiger partial charge on any atom is -0.491 e. The molecule has 0 saturated carbocycles. The van der Waals surface area contributed by atoms with Gasteiger partial charge in [0.05, 0.1) is 18.2 Å². The van der Waals surface area contributed by atoms with Gasteiger partial charge in [-0.2, -0.15) is 0 Å². The van der Waals surface area contributed by atoms with E-state index < -0.39 is 0 Å². The maximum Gasteiger partial charge on any atom is 0.278 e. The average molecular weight is 441 g/mol. The first-order valence-corrected chi connectivity index (χ1v) is 11.1. The Balaban J connectivity index is 1.72. The molecule has 0 fully saturated rings. The average Bonchev–Trinajstić information content (AvgIpc) is 3.01. The van der Waals surface area contributed by atoms with Crippen LogP contribution in [-0.4, -0.2) is 22.8 Å². The summed E-state index contributed by atoms with van der Waals surface area (Å²) in [6, 6.07) is 22.9. The minimum atomic E-state index is -0.332. The van der Waals surface area contributed by atoms with E-state index in [-0.39, 0.29) is 24.5 Å². The number of para-hydroxylation sites is 1. The molecule has 2 amide bonds. The number of ether oxygens (including phenoxy) is 1. The van der Waals surface area contributed by atoms with Crippen LogP contribution in [0.25, 0.3) is 5.57 Å². The van der Waals surface area contributed by atoms with Crippen LogP contribution in [0.4, 0.5) is 5.69 Å². The second kappa shape index (κ2) is 9.33. The van der Waals surface area contributed by atoms with Crippen molar-refractivity contribution in [2.45, 2.75) is 40.3 Å². The highest BCUT2D eigenvalue weighted by molar-refractivity contribution is 6.36. The van der Waals surface area contributed by atoms with Crippen molar-refractivity contribution in [3.8, 4) is 5.75 Å². The van der Waals surface area contributed by atoms with E-state index in [0.717, 1.165) is 28.1 Å². The van der Waals surface area contributed by atoms with Gasteiger partial charge in [-0.05, 0) is 62.6 Å². The molecule has 0 bridgehead atoms. The first kappa shape index (κ1) is 22.3. The standard InChI is InChI=1S/C28H28N2O3/c1-18(2)33-23-15-13-22(14-16-23)25-26(29-24-8-6-5-7-20(24)4)28(32)30(27(25)31)17-21-11-9-19(3)10-12-21/h5-16,18,29H,17H2,1-4H3. The van der Waals surface area contributed by atoms with Gasteiger partial charge in [-0.1, -0.05) is 60.2 Å². The smallest absolute Gasteiger partial charge is 0.278 e. The third-order valence-corrected chi connectivity index (χ3v) is 5.55. The summed E-state index contributed by atoms with van der Waals surface area (Å²) >= 11 is 0. The van der Waals surface area contributed by atoms with Gasteiger partial charge in [0.25, 0.3) is 11.8 Å². The van der Waals surface area contributed by atoms with Crippen LogP contribution in [-0.2, 0) is 16.1 Å². The van der Waals surface area contributed by atoms with E-state index in [4.69, 9.17) is 4.74 Å². The molecule has 0 atom stereocenters. The number of nitrogens with one attached hydrogen (secondary N) is 1. The SMILES string of the molecule is Cc1ccc(CN2C(=O)C(Nc3ccccc3C)=C(c3ccc(OC(C)C)cc3)C2=O)cc1. The van der Waals surface area contributed by atoms with Gasteiger partial charge in [0.2, 0.25) is 0 Å². The number of benzene rings is 3. The zero-order valence-electron chi connectivity index (χ0n) is 19.4. The Kier molecular flexibility index (Phi) is 6.31. The Labute approximate surface area is 194 Å². The molecule has 168 valence electrons. The highest BCUT2D eigenvalue weighted by Gasteiger charge is 2.39. The van der Waals surface area contributed by atoms with Gasteiger partial charge >= 0.3 is 0 Å². The monoisotopic (exact) mass is 440 g/mol. The van der Waals surface area contributed by atoms with Crippen molar-refractivity contribution in [2.24, 2.45) is 0 Å². The molecule has 3 aromatic carbocycles. The lowest BCUT2D eigenvalue weighted by atomic mass is 10.0. The number of nitrogens with zero attached hydrogens (tertiary/aromatic N) is 1. The summed E-state index contributed by atoms with van der Waals surface area (Å²) < 4.78 is 5.73. The highest BCUT2D eigenvalue weighted by Crippen LogP contribution is 2.33. The third-order valence-electron chi connectivity index (χ3n) is 5.55. The van der Waals surface area contributed by atoms with Crippen molar-refractivity contribution >= 4 is 23.1 Å². The van der Waals surface area contributed by atoms with E-state index >= 15 is 0 Å². The molecular weight excluding hydrogens is 412 g/mol. The van der Waals surface area contributed by atoms with Crippen LogP contribution in [0.5, 0.6) is 5.75 Å². The molecule has 4 rings (SSSR count). The maximum absolute atomic E-state index is 13.5. The summed E-state index contributed by atoms with van der Waals surface area (Å²) in [4.78, 5) is 28.3. The van der Waals surface area contributed by atoms with Crippen molar-refractivity contribution in [3.63, 3.8) is 0 Å². The molecule has 3 aromatic rings.